The van der Waals surface area contributed by atoms with Gasteiger partial charge in [0.15, 0.2) is 11.6 Å². The van der Waals surface area contributed by atoms with Crippen molar-refractivity contribution in [2.24, 2.45) is 0 Å². The predicted octanol–water partition coefficient (Wildman–Crippen LogP) is 4.33. The van der Waals surface area contributed by atoms with E-state index in [1.54, 1.807) is 32.9 Å². The van der Waals surface area contributed by atoms with E-state index in [2.05, 4.69) is 36.8 Å². The molecular formula is C15H17BrN4O2. The van der Waals surface area contributed by atoms with Crippen LogP contribution in [0, 0.1) is 0 Å². The predicted molar refractivity (Wildman–Crippen MR) is 89.3 cm³/mol. The van der Waals surface area contributed by atoms with Gasteiger partial charge in [0.2, 0.25) is 0 Å². The third-order valence-electron chi connectivity index (χ3n) is 2.41. The van der Waals surface area contributed by atoms with Crippen LogP contribution < -0.4 is 10.6 Å². The molecule has 2 rings (SSSR count). The molecule has 1 amide bonds. The first kappa shape index (κ1) is 16.2. The number of nitrogens with one attached hydrogen (secondary N) is 2. The second-order valence-corrected chi connectivity index (χ2v) is 6.48. The average molecular weight is 365 g/mol. The van der Waals surface area contributed by atoms with Gasteiger partial charge in [-0.25, -0.2) is 4.79 Å². The second kappa shape index (κ2) is 6.74. The van der Waals surface area contributed by atoms with Crippen LogP contribution in [0.1, 0.15) is 20.8 Å². The summed E-state index contributed by atoms with van der Waals surface area (Å²) in [5.74, 6) is 0.910. The van der Waals surface area contributed by atoms with Crippen LogP contribution in [0.2, 0.25) is 0 Å². The highest BCUT2D eigenvalue weighted by atomic mass is 79.9. The molecule has 0 atom stereocenters. The second-order valence-electron chi connectivity index (χ2n) is 5.56. The summed E-state index contributed by atoms with van der Waals surface area (Å²) in [6.07, 6.45) is -0.560. The molecule has 1 aromatic carbocycles. The van der Waals surface area contributed by atoms with E-state index in [9.17, 15) is 4.79 Å². The van der Waals surface area contributed by atoms with Crippen LogP contribution in [0.15, 0.2) is 40.9 Å². The molecule has 0 saturated heterocycles. The molecule has 0 aliphatic carbocycles. The maximum absolute atomic E-state index is 11.6. The summed E-state index contributed by atoms with van der Waals surface area (Å²) in [5, 5.41) is 13.6. The summed E-state index contributed by atoms with van der Waals surface area (Å²) in [6, 6.07) is 11.1. The standard InChI is InChI=1S/C15H17BrN4O2/c1-15(2,3)22-14(21)18-13-9-8-12(19-20-13)17-11-6-4-10(16)5-7-11/h4-9H,1-3H3,(H,17,19)(H,18,20,21). The van der Waals surface area contributed by atoms with E-state index in [0.717, 1.165) is 10.2 Å². The Morgan fingerprint density at radius 2 is 1.64 bits per heavy atom. The van der Waals surface area contributed by atoms with Gasteiger partial charge >= 0.3 is 6.09 Å². The minimum Gasteiger partial charge on any atom is -0.444 e. The smallest absolute Gasteiger partial charge is 0.413 e. The largest absolute Gasteiger partial charge is 0.444 e. The van der Waals surface area contributed by atoms with Crippen LogP contribution in [0.4, 0.5) is 22.1 Å². The Kier molecular flexibility index (Phi) is 4.97. The van der Waals surface area contributed by atoms with Gasteiger partial charge in [-0.1, -0.05) is 15.9 Å². The Morgan fingerprint density at radius 3 is 2.18 bits per heavy atom. The van der Waals surface area contributed by atoms with Crippen molar-refractivity contribution >= 4 is 39.3 Å². The first-order valence-corrected chi connectivity index (χ1v) is 7.47. The highest BCUT2D eigenvalue weighted by Crippen LogP contribution is 2.18. The van der Waals surface area contributed by atoms with Gasteiger partial charge < -0.3 is 10.1 Å². The number of amides is 1. The van der Waals surface area contributed by atoms with Crippen molar-refractivity contribution in [2.75, 3.05) is 10.6 Å². The zero-order chi connectivity index (χ0) is 16.2. The molecule has 2 aromatic rings. The van der Waals surface area contributed by atoms with Gasteiger partial charge in [0.05, 0.1) is 0 Å². The molecule has 0 bridgehead atoms. The van der Waals surface area contributed by atoms with Gasteiger partial charge in [0.1, 0.15) is 5.60 Å². The quantitative estimate of drug-likeness (QED) is 0.847. The van der Waals surface area contributed by atoms with E-state index in [1.165, 1.54) is 0 Å². The number of carbonyl (C=O) groups is 1. The van der Waals surface area contributed by atoms with Crippen molar-refractivity contribution in [3.05, 3.63) is 40.9 Å². The SMILES string of the molecule is CC(C)(C)OC(=O)Nc1ccc(Nc2ccc(Br)cc2)nn1. The number of halogens is 1. The van der Waals surface area contributed by atoms with Crippen molar-refractivity contribution in [1.29, 1.82) is 0 Å². The normalized spacial score (nSPS) is 10.9. The molecule has 116 valence electrons. The van der Waals surface area contributed by atoms with Crippen LogP contribution in [0.3, 0.4) is 0 Å². The van der Waals surface area contributed by atoms with Crippen LogP contribution in [-0.4, -0.2) is 21.9 Å². The third-order valence-corrected chi connectivity index (χ3v) is 2.94. The number of benzene rings is 1. The number of carbonyl (C=O) groups excluding carboxylic acids is 1. The van der Waals surface area contributed by atoms with Gasteiger partial charge in [-0.3, -0.25) is 5.32 Å². The van der Waals surface area contributed by atoms with E-state index in [4.69, 9.17) is 4.74 Å². The zero-order valence-corrected chi connectivity index (χ0v) is 14.1. The summed E-state index contributed by atoms with van der Waals surface area (Å²) < 4.78 is 6.14. The number of hydrogen-bond acceptors (Lipinski definition) is 5. The number of hydrogen-bond donors (Lipinski definition) is 2. The number of rotatable bonds is 3. The van der Waals surface area contributed by atoms with Gasteiger partial charge in [0, 0.05) is 10.2 Å². The average Bonchev–Trinajstić information content (AvgIpc) is 2.41. The van der Waals surface area contributed by atoms with Crippen molar-refractivity contribution < 1.29 is 9.53 Å². The van der Waals surface area contributed by atoms with Crippen molar-refractivity contribution in [2.45, 2.75) is 26.4 Å². The molecule has 0 unspecified atom stereocenters. The van der Waals surface area contributed by atoms with Gasteiger partial charge in [-0.05, 0) is 57.2 Å². The van der Waals surface area contributed by atoms with E-state index < -0.39 is 11.7 Å². The van der Waals surface area contributed by atoms with Crippen LogP contribution in [-0.2, 0) is 4.74 Å². The lowest BCUT2D eigenvalue weighted by atomic mass is 10.2. The lowest BCUT2D eigenvalue weighted by Crippen LogP contribution is -2.27. The molecule has 6 nitrogen and oxygen atoms in total. The summed E-state index contributed by atoms with van der Waals surface area (Å²) in [6.45, 7) is 5.39. The van der Waals surface area contributed by atoms with E-state index in [1.807, 2.05) is 24.3 Å². The van der Waals surface area contributed by atoms with Crippen molar-refractivity contribution in [3.63, 3.8) is 0 Å². The summed E-state index contributed by atoms with van der Waals surface area (Å²) >= 11 is 3.38. The van der Waals surface area contributed by atoms with Crippen molar-refractivity contribution in [1.82, 2.24) is 10.2 Å². The number of nitrogens with zero attached hydrogens (tertiary/aromatic N) is 2. The highest BCUT2D eigenvalue weighted by molar-refractivity contribution is 9.10. The molecule has 1 heterocycles. The number of anilines is 3. The highest BCUT2D eigenvalue weighted by Gasteiger charge is 2.16. The van der Waals surface area contributed by atoms with Gasteiger partial charge in [-0.15, -0.1) is 10.2 Å². The fourth-order valence-corrected chi connectivity index (χ4v) is 1.82. The van der Waals surface area contributed by atoms with Gasteiger partial charge in [0.25, 0.3) is 0 Å². The minimum atomic E-state index is -0.560. The summed E-state index contributed by atoms with van der Waals surface area (Å²) in [7, 11) is 0. The molecule has 0 aliphatic rings. The van der Waals surface area contributed by atoms with Crippen molar-refractivity contribution in [3.8, 4) is 0 Å². The van der Waals surface area contributed by atoms with E-state index >= 15 is 0 Å². The maximum Gasteiger partial charge on any atom is 0.413 e. The van der Waals surface area contributed by atoms with Gasteiger partial charge in [-0.2, -0.15) is 0 Å². The molecule has 1 aromatic heterocycles. The Hall–Kier alpha value is -2.15. The molecule has 0 radical (unpaired) electrons. The van der Waals surface area contributed by atoms with Crippen LogP contribution >= 0.6 is 15.9 Å². The monoisotopic (exact) mass is 364 g/mol. The molecule has 7 heteroatoms. The molecule has 0 fully saturated rings. The molecule has 0 spiro atoms. The zero-order valence-electron chi connectivity index (χ0n) is 12.6. The minimum absolute atomic E-state index is 0.329. The summed E-state index contributed by atoms with van der Waals surface area (Å²) in [5.41, 5.74) is 0.339. The first-order valence-electron chi connectivity index (χ1n) is 6.68. The lowest BCUT2D eigenvalue weighted by Gasteiger charge is -2.19. The fraction of sp³-hybridized carbons (Fsp3) is 0.267. The first-order chi connectivity index (χ1) is 10.3. The van der Waals surface area contributed by atoms with Crippen LogP contribution in [0.25, 0.3) is 0 Å². The molecular weight excluding hydrogens is 348 g/mol. The van der Waals surface area contributed by atoms with Crippen LogP contribution in [0.5, 0.6) is 0 Å². The number of ether oxygens (including phenoxy) is 1. The Bertz CT molecular complexity index is 636. The lowest BCUT2D eigenvalue weighted by molar-refractivity contribution is 0.0635. The summed E-state index contributed by atoms with van der Waals surface area (Å²) in [4.78, 5) is 11.6. The third kappa shape index (κ3) is 5.33. The Morgan fingerprint density at radius 1 is 1.05 bits per heavy atom. The molecule has 22 heavy (non-hydrogen) atoms. The molecule has 0 aliphatic heterocycles. The Labute approximate surface area is 137 Å². The fourth-order valence-electron chi connectivity index (χ4n) is 1.55. The molecule has 0 saturated carbocycles. The maximum atomic E-state index is 11.6. The number of aromatic nitrogens is 2. The Balaban J connectivity index is 1.95. The molecule has 2 N–H and O–H groups in total. The van der Waals surface area contributed by atoms with E-state index in [-0.39, 0.29) is 0 Å². The topological polar surface area (TPSA) is 76.1 Å². The van der Waals surface area contributed by atoms with E-state index in [0.29, 0.717) is 11.6 Å².